The highest BCUT2D eigenvalue weighted by Crippen LogP contribution is 2.32. The number of benzene rings is 2. The molecule has 5 heteroatoms. The average Bonchev–Trinajstić information content (AvgIpc) is 2.63. The molecule has 3 rings (SSSR count). The number of methoxy groups -OCH3 is 1. The van der Waals surface area contributed by atoms with Crippen molar-refractivity contribution in [2.45, 2.75) is 0 Å². The predicted molar refractivity (Wildman–Crippen MR) is 85.9 cm³/mol. The Labute approximate surface area is 133 Å². The van der Waals surface area contributed by atoms with Gasteiger partial charge >= 0.3 is 0 Å². The minimum absolute atomic E-state index is 0.399. The lowest BCUT2D eigenvalue weighted by Gasteiger charge is -2.10. The second kappa shape index (κ2) is 6.70. The molecule has 1 heterocycles. The SMILES string of the molecule is COc1cc(C=O)ccc1Oc1cc(-c2ccccc2)ncn1. The summed E-state index contributed by atoms with van der Waals surface area (Å²) in [5, 5.41) is 0. The molecule has 0 fully saturated rings. The van der Waals surface area contributed by atoms with Crippen molar-refractivity contribution in [2.75, 3.05) is 7.11 Å². The Bertz CT molecular complexity index is 820. The molecular formula is C18H14N2O3. The highest BCUT2D eigenvalue weighted by molar-refractivity contribution is 5.76. The number of ether oxygens (including phenoxy) is 2. The molecule has 0 saturated heterocycles. The zero-order valence-electron chi connectivity index (χ0n) is 12.5. The first-order valence-electron chi connectivity index (χ1n) is 6.98. The molecule has 3 aromatic rings. The van der Waals surface area contributed by atoms with Crippen molar-refractivity contribution < 1.29 is 14.3 Å². The summed E-state index contributed by atoms with van der Waals surface area (Å²) >= 11 is 0. The van der Waals surface area contributed by atoms with Crippen LogP contribution in [0, 0.1) is 0 Å². The van der Waals surface area contributed by atoms with E-state index >= 15 is 0 Å². The number of hydrogen-bond donors (Lipinski definition) is 0. The molecule has 0 N–H and O–H groups in total. The molecule has 23 heavy (non-hydrogen) atoms. The van der Waals surface area contributed by atoms with Crippen molar-refractivity contribution in [1.82, 2.24) is 9.97 Å². The maximum absolute atomic E-state index is 10.8. The Morgan fingerprint density at radius 2 is 1.78 bits per heavy atom. The smallest absolute Gasteiger partial charge is 0.223 e. The van der Waals surface area contributed by atoms with E-state index in [1.165, 1.54) is 13.4 Å². The van der Waals surface area contributed by atoms with Gasteiger partial charge in [0.2, 0.25) is 5.88 Å². The van der Waals surface area contributed by atoms with E-state index in [0.29, 0.717) is 22.9 Å². The summed E-state index contributed by atoms with van der Waals surface area (Å²) < 4.78 is 11.0. The van der Waals surface area contributed by atoms with Crippen molar-refractivity contribution in [2.24, 2.45) is 0 Å². The maximum Gasteiger partial charge on any atom is 0.223 e. The fourth-order valence-electron chi connectivity index (χ4n) is 2.12. The molecular weight excluding hydrogens is 292 g/mol. The summed E-state index contributed by atoms with van der Waals surface area (Å²) in [5.74, 6) is 1.35. The summed E-state index contributed by atoms with van der Waals surface area (Å²) in [6, 6.07) is 16.5. The quantitative estimate of drug-likeness (QED) is 0.672. The third-order valence-electron chi connectivity index (χ3n) is 3.25. The number of carbonyl (C=O) groups is 1. The first kappa shape index (κ1) is 14.7. The van der Waals surface area contributed by atoms with E-state index in [9.17, 15) is 4.79 Å². The molecule has 0 aliphatic rings. The third-order valence-corrected chi connectivity index (χ3v) is 3.25. The first-order chi connectivity index (χ1) is 11.3. The molecule has 2 aromatic carbocycles. The summed E-state index contributed by atoms with van der Waals surface area (Å²) in [5.41, 5.74) is 2.25. The fourth-order valence-corrected chi connectivity index (χ4v) is 2.12. The Morgan fingerprint density at radius 3 is 2.52 bits per heavy atom. The molecule has 0 atom stereocenters. The van der Waals surface area contributed by atoms with Gasteiger partial charge in [-0.3, -0.25) is 4.79 Å². The van der Waals surface area contributed by atoms with Gasteiger partial charge in [0, 0.05) is 17.2 Å². The monoisotopic (exact) mass is 306 g/mol. The zero-order chi connectivity index (χ0) is 16.1. The number of rotatable bonds is 5. The first-order valence-corrected chi connectivity index (χ1v) is 6.98. The molecule has 0 spiro atoms. The van der Waals surface area contributed by atoms with E-state index in [1.54, 1.807) is 24.3 Å². The highest BCUT2D eigenvalue weighted by atomic mass is 16.5. The van der Waals surface area contributed by atoms with Gasteiger partial charge in [-0.1, -0.05) is 30.3 Å². The fraction of sp³-hybridized carbons (Fsp3) is 0.0556. The molecule has 1 aromatic heterocycles. The van der Waals surface area contributed by atoms with Crippen LogP contribution in [0.15, 0.2) is 60.9 Å². The van der Waals surface area contributed by atoms with E-state index in [2.05, 4.69) is 9.97 Å². The predicted octanol–water partition coefficient (Wildman–Crippen LogP) is 3.76. The van der Waals surface area contributed by atoms with Crippen LogP contribution in [0.1, 0.15) is 10.4 Å². The van der Waals surface area contributed by atoms with Crippen molar-refractivity contribution in [3.63, 3.8) is 0 Å². The van der Waals surface area contributed by atoms with Crippen LogP contribution in [0.2, 0.25) is 0 Å². The van der Waals surface area contributed by atoms with E-state index in [1.807, 2.05) is 30.3 Å². The molecule has 0 aliphatic carbocycles. The second-order valence-electron chi connectivity index (χ2n) is 4.74. The van der Waals surface area contributed by atoms with Crippen molar-refractivity contribution in [3.05, 3.63) is 66.5 Å². The van der Waals surface area contributed by atoms with Gasteiger partial charge in [0.25, 0.3) is 0 Å². The van der Waals surface area contributed by atoms with Crippen molar-refractivity contribution in [1.29, 1.82) is 0 Å². The molecule has 0 radical (unpaired) electrons. The van der Waals surface area contributed by atoms with Gasteiger partial charge in [0.15, 0.2) is 11.5 Å². The van der Waals surface area contributed by atoms with Crippen LogP contribution in [0.25, 0.3) is 11.3 Å². The van der Waals surface area contributed by atoms with Gasteiger partial charge in [0.05, 0.1) is 12.8 Å². The molecule has 5 nitrogen and oxygen atoms in total. The van der Waals surface area contributed by atoms with Crippen LogP contribution < -0.4 is 9.47 Å². The Balaban J connectivity index is 1.91. The van der Waals surface area contributed by atoms with Crippen molar-refractivity contribution >= 4 is 6.29 Å². The molecule has 114 valence electrons. The average molecular weight is 306 g/mol. The van der Waals surface area contributed by atoms with Gasteiger partial charge in [-0.25, -0.2) is 9.97 Å². The minimum atomic E-state index is 0.399. The second-order valence-corrected chi connectivity index (χ2v) is 4.74. The van der Waals surface area contributed by atoms with E-state index in [0.717, 1.165) is 17.5 Å². The Morgan fingerprint density at radius 1 is 0.957 bits per heavy atom. The standard InChI is InChI=1S/C18H14N2O3/c1-22-17-9-13(11-21)7-8-16(17)23-18-10-15(19-12-20-18)14-5-3-2-4-6-14/h2-12H,1H3. The topological polar surface area (TPSA) is 61.3 Å². The van der Waals surface area contributed by atoms with Crippen LogP contribution in [0.3, 0.4) is 0 Å². The molecule has 0 aliphatic heterocycles. The normalized spacial score (nSPS) is 10.1. The van der Waals surface area contributed by atoms with E-state index < -0.39 is 0 Å². The lowest BCUT2D eigenvalue weighted by atomic mass is 10.1. The van der Waals surface area contributed by atoms with Gasteiger partial charge in [-0.2, -0.15) is 0 Å². The number of aldehydes is 1. The van der Waals surface area contributed by atoms with Crippen LogP contribution in [-0.2, 0) is 0 Å². The largest absolute Gasteiger partial charge is 0.493 e. The molecule has 0 bridgehead atoms. The van der Waals surface area contributed by atoms with Crippen LogP contribution in [-0.4, -0.2) is 23.4 Å². The highest BCUT2D eigenvalue weighted by Gasteiger charge is 2.09. The van der Waals surface area contributed by atoms with Crippen LogP contribution >= 0.6 is 0 Å². The number of hydrogen-bond acceptors (Lipinski definition) is 5. The van der Waals surface area contributed by atoms with Gasteiger partial charge < -0.3 is 9.47 Å². The van der Waals surface area contributed by atoms with Crippen LogP contribution in [0.4, 0.5) is 0 Å². The van der Waals surface area contributed by atoms with E-state index in [-0.39, 0.29) is 0 Å². The molecule has 0 saturated carbocycles. The summed E-state index contributed by atoms with van der Waals surface area (Å²) in [7, 11) is 1.52. The Hall–Kier alpha value is -3.21. The number of aromatic nitrogens is 2. The minimum Gasteiger partial charge on any atom is -0.493 e. The van der Waals surface area contributed by atoms with E-state index in [4.69, 9.17) is 9.47 Å². The third kappa shape index (κ3) is 3.35. The summed E-state index contributed by atoms with van der Waals surface area (Å²) in [6.07, 6.45) is 2.20. The van der Waals surface area contributed by atoms with Gasteiger partial charge in [0.1, 0.15) is 12.6 Å². The maximum atomic E-state index is 10.8. The zero-order valence-corrected chi connectivity index (χ0v) is 12.5. The van der Waals surface area contributed by atoms with Crippen molar-refractivity contribution in [3.8, 4) is 28.6 Å². The number of nitrogens with zero attached hydrogens (tertiary/aromatic N) is 2. The summed E-state index contributed by atoms with van der Waals surface area (Å²) in [6.45, 7) is 0. The van der Waals surface area contributed by atoms with Gasteiger partial charge in [-0.15, -0.1) is 0 Å². The summed E-state index contributed by atoms with van der Waals surface area (Å²) in [4.78, 5) is 19.2. The lowest BCUT2D eigenvalue weighted by Crippen LogP contribution is -1.95. The number of carbonyl (C=O) groups excluding carboxylic acids is 1. The lowest BCUT2D eigenvalue weighted by molar-refractivity contribution is 0.112. The van der Waals surface area contributed by atoms with Gasteiger partial charge in [-0.05, 0) is 18.2 Å². The molecule has 0 amide bonds. The Kier molecular flexibility index (Phi) is 4.29. The molecule has 0 unspecified atom stereocenters. The van der Waals surface area contributed by atoms with Crippen LogP contribution in [0.5, 0.6) is 17.4 Å².